The monoisotopic (exact) mass is 427 g/mol. The van der Waals surface area contributed by atoms with E-state index in [1.54, 1.807) is 12.4 Å². The summed E-state index contributed by atoms with van der Waals surface area (Å²) in [5.74, 6) is 1.21. The second kappa shape index (κ2) is 9.47. The van der Waals surface area contributed by atoms with Crippen LogP contribution in [0.4, 0.5) is 5.82 Å². The van der Waals surface area contributed by atoms with Crippen molar-refractivity contribution in [2.45, 2.75) is 25.7 Å². The molecule has 1 aliphatic heterocycles. The van der Waals surface area contributed by atoms with Crippen molar-refractivity contribution >= 4 is 27.7 Å². The zero-order chi connectivity index (χ0) is 19.1. The van der Waals surface area contributed by atoms with E-state index in [9.17, 15) is 4.79 Å². The topological polar surface area (TPSA) is 81.9 Å². The SMILES string of the molecule is N#Cc1nccnc1N1CCC(CNC(=O)CCc2ccccc2Br)CC1. The quantitative estimate of drug-likeness (QED) is 0.765. The first-order valence-electron chi connectivity index (χ1n) is 9.13. The second-order valence-corrected chi connectivity index (χ2v) is 7.52. The lowest BCUT2D eigenvalue weighted by Gasteiger charge is -2.32. The van der Waals surface area contributed by atoms with E-state index in [4.69, 9.17) is 5.26 Å². The van der Waals surface area contributed by atoms with Gasteiger partial charge in [-0.3, -0.25) is 4.79 Å². The highest BCUT2D eigenvalue weighted by atomic mass is 79.9. The van der Waals surface area contributed by atoms with Crippen molar-refractivity contribution in [1.82, 2.24) is 15.3 Å². The number of carbonyl (C=O) groups excluding carboxylic acids is 1. The number of hydrogen-bond acceptors (Lipinski definition) is 5. The summed E-state index contributed by atoms with van der Waals surface area (Å²) in [4.78, 5) is 22.6. The molecule has 0 aliphatic carbocycles. The Morgan fingerprint density at radius 2 is 2.00 bits per heavy atom. The number of nitriles is 1. The van der Waals surface area contributed by atoms with Gasteiger partial charge in [0.1, 0.15) is 6.07 Å². The van der Waals surface area contributed by atoms with Gasteiger partial charge in [0.2, 0.25) is 5.91 Å². The smallest absolute Gasteiger partial charge is 0.220 e. The van der Waals surface area contributed by atoms with Crippen molar-refractivity contribution < 1.29 is 4.79 Å². The van der Waals surface area contributed by atoms with Crippen LogP contribution in [0.1, 0.15) is 30.5 Å². The van der Waals surface area contributed by atoms with E-state index in [1.807, 2.05) is 24.3 Å². The van der Waals surface area contributed by atoms with Crippen LogP contribution in [0.3, 0.4) is 0 Å². The zero-order valence-corrected chi connectivity index (χ0v) is 16.7. The minimum Gasteiger partial charge on any atom is -0.356 e. The number of rotatable bonds is 6. The van der Waals surface area contributed by atoms with Crippen LogP contribution in [0.15, 0.2) is 41.1 Å². The highest BCUT2D eigenvalue weighted by Crippen LogP contribution is 2.23. The number of nitrogens with one attached hydrogen (secondary N) is 1. The molecule has 0 radical (unpaired) electrons. The molecule has 1 aliphatic rings. The number of amides is 1. The Bertz CT molecular complexity index is 827. The maximum atomic E-state index is 12.1. The third-order valence-corrected chi connectivity index (χ3v) is 5.64. The second-order valence-electron chi connectivity index (χ2n) is 6.67. The Kier molecular flexibility index (Phi) is 6.77. The molecular formula is C20H22BrN5O. The minimum atomic E-state index is 0.0916. The van der Waals surface area contributed by atoms with Crippen LogP contribution in [0.25, 0.3) is 0 Å². The van der Waals surface area contributed by atoms with Gasteiger partial charge in [0, 0.05) is 42.9 Å². The van der Waals surface area contributed by atoms with Gasteiger partial charge in [-0.1, -0.05) is 34.1 Å². The van der Waals surface area contributed by atoms with Crippen LogP contribution < -0.4 is 10.2 Å². The van der Waals surface area contributed by atoms with Gasteiger partial charge in [0.15, 0.2) is 11.5 Å². The van der Waals surface area contributed by atoms with E-state index in [-0.39, 0.29) is 5.91 Å². The van der Waals surface area contributed by atoms with Gasteiger partial charge in [-0.15, -0.1) is 0 Å². The number of benzene rings is 1. The lowest BCUT2D eigenvalue weighted by Crippen LogP contribution is -2.39. The Morgan fingerprint density at radius 1 is 1.26 bits per heavy atom. The van der Waals surface area contributed by atoms with E-state index >= 15 is 0 Å². The fourth-order valence-corrected chi connectivity index (χ4v) is 3.77. The number of hydrogen-bond donors (Lipinski definition) is 1. The molecule has 2 aromatic rings. The average Bonchev–Trinajstić information content (AvgIpc) is 2.72. The highest BCUT2D eigenvalue weighted by Gasteiger charge is 2.22. The predicted octanol–water partition coefficient (Wildman–Crippen LogP) is 3.08. The first-order chi connectivity index (χ1) is 13.2. The van der Waals surface area contributed by atoms with E-state index in [0.717, 1.165) is 42.4 Å². The molecule has 0 bridgehead atoms. The van der Waals surface area contributed by atoms with Crippen molar-refractivity contribution in [1.29, 1.82) is 5.26 Å². The van der Waals surface area contributed by atoms with Crippen molar-refractivity contribution in [3.8, 4) is 6.07 Å². The number of halogens is 1. The summed E-state index contributed by atoms with van der Waals surface area (Å²) in [5.41, 5.74) is 1.52. The van der Waals surface area contributed by atoms with E-state index in [0.29, 0.717) is 30.4 Å². The van der Waals surface area contributed by atoms with Crippen molar-refractivity contribution in [2.75, 3.05) is 24.5 Å². The van der Waals surface area contributed by atoms with Crippen molar-refractivity contribution in [3.05, 3.63) is 52.4 Å². The standard InChI is InChI=1S/C20H22BrN5O/c21-17-4-2-1-3-16(17)5-6-19(27)25-14-15-7-11-26(12-8-15)20-18(13-22)23-9-10-24-20/h1-4,9-10,15H,5-8,11-12,14H2,(H,25,27). The molecule has 1 N–H and O–H groups in total. The first-order valence-corrected chi connectivity index (χ1v) is 9.93. The summed E-state index contributed by atoms with van der Waals surface area (Å²) in [7, 11) is 0. The van der Waals surface area contributed by atoms with E-state index < -0.39 is 0 Å². The van der Waals surface area contributed by atoms with Gasteiger partial charge < -0.3 is 10.2 Å². The Labute approximate surface area is 167 Å². The van der Waals surface area contributed by atoms with Gasteiger partial charge in [0.25, 0.3) is 0 Å². The molecule has 3 rings (SSSR count). The summed E-state index contributed by atoms with van der Waals surface area (Å²) in [6.07, 6.45) is 6.31. The maximum Gasteiger partial charge on any atom is 0.220 e. The molecule has 1 aromatic carbocycles. The number of aryl methyl sites for hydroxylation is 1. The molecule has 1 saturated heterocycles. The van der Waals surface area contributed by atoms with Gasteiger partial charge in [-0.2, -0.15) is 5.26 Å². The molecule has 0 unspecified atom stereocenters. The lowest BCUT2D eigenvalue weighted by atomic mass is 9.96. The minimum absolute atomic E-state index is 0.0916. The van der Waals surface area contributed by atoms with Crippen LogP contribution in [0.2, 0.25) is 0 Å². The molecule has 1 aromatic heterocycles. The number of nitrogens with zero attached hydrogens (tertiary/aromatic N) is 4. The molecule has 6 nitrogen and oxygen atoms in total. The lowest BCUT2D eigenvalue weighted by molar-refractivity contribution is -0.121. The molecular weight excluding hydrogens is 406 g/mol. The summed E-state index contributed by atoms with van der Waals surface area (Å²) >= 11 is 3.52. The third-order valence-electron chi connectivity index (χ3n) is 4.87. The van der Waals surface area contributed by atoms with Gasteiger partial charge in [-0.05, 0) is 36.8 Å². The summed E-state index contributed by atoms with van der Waals surface area (Å²) in [6.45, 7) is 2.35. The number of anilines is 1. The van der Waals surface area contributed by atoms with Crippen LogP contribution in [-0.2, 0) is 11.2 Å². The number of carbonyl (C=O) groups is 1. The van der Waals surface area contributed by atoms with Gasteiger partial charge in [0.05, 0.1) is 0 Å². The van der Waals surface area contributed by atoms with Crippen LogP contribution in [0, 0.1) is 17.2 Å². The Balaban J connectivity index is 1.41. The Morgan fingerprint density at radius 3 is 2.74 bits per heavy atom. The molecule has 27 heavy (non-hydrogen) atoms. The molecule has 1 amide bonds. The Hall–Kier alpha value is -2.46. The molecule has 140 valence electrons. The largest absolute Gasteiger partial charge is 0.356 e. The van der Waals surface area contributed by atoms with Crippen LogP contribution >= 0.6 is 15.9 Å². The van der Waals surface area contributed by atoms with Crippen LogP contribution in [-0.4, -0.2) is 35.5 Å². The third kappa shape index (κ3) is 5.27. The van der Waals surface area contributed by atoms with Crippen molar-refractivity contribution in [2.24, 2.45) is 5.92 Å². The predicted molar refractivity (Wildman–Crippen MR) is 107 cm³/mol. The van der Waals surface area contributed by atoms with E-state index in [1.165, 1.54) is 0 Å². The van der Waals surface area contributed by atoms with E-state index in [2.05, 4.69) is 42.2 Å². The highest BCUT2D eigenvalue weighted by molar-refractivity contribution is 9.10. The average molecular weight is 428 g/mol. The zero-order valence-electron chi connectivity index (χ0n) is 15.1. The summed E-state index contributed by atoms with van der Waals surface area (Å²) < 4.78 is 1.05. The number of aromatic nitrogens is 2. The molecule has 0 saturated carbocycles. The molecule has 0 atom stereocenters. The van der Waals surface area contributed by atoms with Crippen LogP contribution in [0.5, 0.6) is 0 Å². The van der Waals surface area contributed by atoms with Gasteiger partial charge in [-0.25, -0.2) is 9.97 Å². The first kappa shape index (κ1) is 19.3. The molecule has 0 spiro atoms. The fraction of sp³-hybridized carbons (Fsp3) is 0.400. The molecule has 1 fully saturated rings. The fourth-order valence-electron chi connectivity index (χ4n) is 3.29. The number of piperidine rings is 1. The summed E-state index contributed by atoms with van der Waals surface area (Å²) in [6, 6.07) is 10.1. The van der Waals surface area contributed by atoms with Gasteiger partial charge >= 0.3 is 0 Å². The molecule has 7 heteroatoms. The normalized spacial score (nSPS) is 14.6. The molecule has 2 heterocycles. The maximum absolute atomic E-state index is 12.1. The van der Waals surface area contributed by atoms with Crippen molar-refractivity contribution in [3.63, 3.8) is 0 Å². The summed E-state index contributed by atoms with van der Waals surface area (Å²) in [5, 5.41) is 12.2.